The zero-order valence-corrected chi connectivity index (χ0v) is 13.1. The van der Waals surface area contributed by atoms with Gasteiger partial charge in [-0.15, -0.1) is 0 Å². The molecule has 2 fully saturated rings. The molecule has 1 aromatic rings. The molecule has 1 aromatic carbocycles. The summed E-state index contributed by atoms with van der Waals surface area (Å²) in [7, 11) is 1.70. The molecule has 2 aliphatic rings. The molecule has 22 heavy (non-hydrogen) atoms. The lowest BCUT2D eigenvalue weighted by Crippen LogP contribution is -2.24. The Kier molecular flexibility index (Phi) is 6.59. The summed E-state index contributed by atoms with van der Waals surface area (Å²) in [4.78, 5) is 21.7. The van der Waals surface area contributed by atoms with Gasteiger partial charge in [0.05, 0.1) is 12.5 Å². The molecule has 4 heteroatoms. The van der Waals surface area contributed by atoms with E-state index in [1.54, 1.807) is 7.11 Å². The van der Waals surface area contributed by atoms with Gasteiger partial charge in [0.1, 0.15) is 12.4 Å². The maximum atomic E-state index is 11.4. The van der Waals surface area contributed by atoms with Crippen LogP contribution in [0, 0.1) is 11.8 Å². The highest BCUT2D eigenvalue weighted by atomic mass is 16.6. The molecule has 3 rings (SSSR count). The lowest BCUT2D eigenvalue weighted by Gasteiger charge is -2.23. The summed E-state index contributed by atoms with van der Waals surface area (Å²) >= 11 is 0. The van der Waals surface area contributed by atoms with Crippen LogP contribution in [0.25, 0.3) is 0 Å². The quantitative estimate of drug-likeness (QED) is 0.633. The number of rotatable bonds is 4. The minimum Gasteiger partial charge on any atom is -0.461 e. The molecule has 0 radical (unpaired) electrons. The second-order valence-corrected chi connectivity index (χ2v) is 5.85. The molecule has 0 amide bonds. The van der Waals surface area contributed by atoms with Gasteiger partial charge in [-0.1, -0.05) is 43.2 Å². The van der Waals surface area contributed by atoms with Crippen LogP contribution in [-0.4, -0.2) is 25.5 Å². The van der Waals surface area contributed by atoms with Crippen LogP contribution in [-0.2, 0) is 25.7 Å². The van der Waals surface area contributed by atoms with E-state index < -0.39 is 0 Å². The summed E-state index contributed by atoms with van der Waals surface area (Å²) in [5.41, 5.74) is 1.22. The van der Waals surface area contributed by atoms with Crippen molar-refractivity contribution in [2.45, 2.75) is 44.8 Å². The molecule has 0 aromatic heterocycles. The zero-order valence-electron chi connectivity index (χ0n) is 13.1. The molecule has 0 spiro atoms. The molecule has 1 aliphatic carbocycles. The average molecular weight is 304 g/mol. The predicted octanol–water partition coefficient (Wildman–Crippen LogP) is 3.14. The molecule has 120 valence electrons. The van der Waals surface area contributed by atoms with Crippen LogP contribution < -0.4 is 0 Å². The molecule has 1 saturated carbocycles. The largest absolute Gasteiger partial charge is 0.461 e. The Morgan fingerprint density at radius 1 is 1.23 bits per heavy atom. The number of esters is 1. The minimum absolute atomic E-state index is 0.0726. The Morgan fingerprint density at radius 3 is 2.64 bits per heavy atom. The summed E-state index contributed by atoms with van der Waals surface area (Å²) in [5, 5.41) is 0. The number of hydrogen-bond donors (Lipinski definition) is 0. The van der Waals surface area contributed by atoms with Crippen molar-refractivity contribution in [3.63, 3.8) is 0 Å². The van der Waals surface area contributed by atoms with Crippen LogP contribution in [0.15, 0.2) is 30.3 Å². The van der Waals surface area contributed by atoms with Crippen molar-refractivity contribution >= 4 is 12.3 Å². The Balaban J connectivity index is 0.000000172. The van der Waals surface area contributed by atoms with Crippen molar-refractivity contribution in [3.05, 3.63) is 35.9 Å². The number of carbonyl (C=O) groups excluding carboxylic acids is 2. The van der Waals surface area contributed by atoms with Crippen LogP contribution in [0.5, 0.6) is 0 Å². The van der Waals surface area contributed by atoms with E-state index in [0.717, 1.165) is 25.5 Å². The van der Waals surface area contributed by atoms with Crippen molar-refractivity contribution in [1.29, 1.82) is 0 Å². The van der Waals surface area contributed by atoms with Crippen molar-refractivity contribution in [1.82, 2.24) is 0 Å². The van der Waals surface area contributed by atoms with Gasteiger partial charge >= 0.3 is 5.97 Å². The lowest BCUT2D eigenvalue weighted by molar-refractivity contribution is -0.144. The molecule has 1 aliphatic heterocycles. The number of hydrogen-bond acceptors (Lipinski definition) is 4. The Morgan fingerprint density at radius 2 is 1.95 bits per heavy atom. The number of carbonyl (C=O) groups is 2. The van der Waals surface area contributed by atoms with Crippen molar-refractivity contribution < 1.29 is 19.1 Å². The van der Waals surface area contributed by atoms with Gasteiger partial charge in [0.2, 0.25) is 0 Å². The second kappa shape index (κ2) is 8.69. The third kappa shape index (κ3) is 4.41. The maximum Gasteiger partial charge on any atom is 0.309 e. The van der Waals surface area contributed by atoms with E-state index in [1.807, 2.05) is 30.3 Å². The van der Waals surface area contributed by atoms with Gasteiger partial charge in [-0.25, -0.2) is 0 Å². The second-order valence-electron chi connectivity index (χ2n) is 5.85. The number of ether oxygens (including phenoxy) is 2. The molecule has 0 N–H and O–H groups in total. The lowest BCUT2D eigenvalue weighted by atomic mass is 9.78. The molecular weight excluding hydrogens is 280 g/mol. The van der Waals surface area contributed by atoms with Crippen LogP contribution in [0.3, 0.4) is 0 Å². The number of fused-ring (bicyclic) bond motifs is 1. The number of benzene rings is 1. The van der Waals surface area contributed by atoms with Gasteiger partial charge in [0.15, 0.2) is 0 Å². The van der Waals surface area contributed by atoms with Gasteiger partial charge in [0.25, 0.3) is 0 Å². The first-order chi connectivity index (χ1) is 10.8. The van der Waals surface area contributed by atoms with Crippen LogP contribution in [0.2, 0.25) is 0 Å². The summed E-state index contributed by atoms with van der Waals surface area (Å²) in [5.74, 6) is 0.349. The number of methoxy groups -OCH3 is 1. The fourth-order valence-corrected chi connectivity index (χ4v) is 3.28. The molecular formula is C18H24O4. The first-order valence-corrected chi connectivity index (χ1v) is 7.93. The highest BCUT2D eigenvalue weighted by Crippen LogP contribution is 2.40. The average Bonchev–Trinajstić information content (AvgIpc) is 2.87. The summed E-state index contributed by atoms with van der Waals surface area (Å²) in [6.07, 6.45) is 5.43. The van der Waals surface area contributed by atoms with E-state index in [-0.39, 0.29) is 18.0 Å². The molecule has 1 saturated heterocycles. The summed E-state index contributed by atoms with van der Waals surface area (Å²) in [6.45, 7) is 0.709. The van der Waals surface area contributed by atoms with Crippen molar-refractivity contribution in [2.24, 2.45) is 11.8 Å². The first kappa shape index (κ1) is 16.7. The number of aldehydes is 1. The molecule has 3 unspecified atom stereocenters. The fraction of sp³-hybridized carbons (Fsp3) is 0.556. The van der Waals surface area contributed by atoms with Gasteiger partial charge in [-0.05, 0) is 18.4 Å². The molecule has 0 bridgehead atoms. The minimum atomic E-state index is -0.115. The standard InChI is InChI=1S/C10H14O3.C8H10O/c11-6-5-9-7-3-1-2-4-8(7)10(12)13-9;1-9-7-8-5-3-2-4-6-8/h6-9H,1-5H2;2-6H,7H2,1H3. The van der Waals surface area contributed by atoms with Crippen molar-refractivity contribution in [2.75, 3.05) is 7.11 Å². The van der Waals surface area contributed by atoms with Gasteiger partial charge in [-0.3, -0.25) is 4.79 Å². The summed E-state index contributed by atoms with van der Waals surface area (Å²) in [6, 6.07) is 10.1. The van der Waals surface area contributed by atoms with E-state index in [4.69, 9.17) is 9.47 Å². The monoisotopic (exact) mass is 304 g/mol. The maximum absolute atomic E-state index is 11.4. The fourth-order valence-electron chi connectivity index (χ4n) is 3.28. The SMILES string of the molecule is COCc1ccccc1.O=CCC1OC(=O)C2CCCCC12. The van der Waals surface area contributed by atoms with Gasteiger partial charge < -0.3 is 14.3 Å². The highest BCUT2D eigenvalue weighted by molar-refractivity contribution is 5.76. The van der Waals surface area contributed by atoms with Crippen LogP contribution in [0.4, 0.5) is 0 Å². The normalized spacial score (nSPS) is 26.4. The Hall–Kier alpha value is -1.68. The number of cyclic esters (lactones) is 1. The summed E-state index contributed by atoms with van der Waals surface area (Å²) < 4.78 is 10.1. The van der Waals surface area contributed by atoms with Crippen LogP contribution in [0.1, 0.15) is 37.7 Å². The van der Waals surface area contributed by atoms with Gasteiger partial charge in [0, 0.05) is 19.4 Å². The van der Waals surface area contributed by atoms with Gasteiger partial charge in [-0.2, -0.15) is 0 Å². The first-order valence-electron chi connectivity index (χ1n) is 7.93. The Bertz CT molecular complexity index is 471. The topological polar surface area (TPSA) is 52.6 Å². The zero-order chi connectivity index (χ0) is 15.8. The van der Waals surface area contributed by atoms with E-state index >= 15 is 0 Å². The van der Waals surface area contributed by atoms with E-state index in [0.29, 0.717) is 18.9 Å². The molecule has 1 heterocycles. The Labute approximate surface area is 131 Å². The third-order valence-electron chi connectivity index (χ3n) is 4.35. The van der Waals surface area contributed by atoms with E-state index in [9.17, 15) is 9.59 Å². The highest BCUT2D eigenvalue weighted by Gasteiger charge is 2.44. The van der Waals surface area contributed by atoms with E-state index in [2.05, 4.69) is 0 Å². The predicted molar refractivity (Wildman–Crippen MR) is 83.2 cm³/mol. The molecule has 4 nitrogen and oxygen atoms in total. The van der Waals surface area contributed by atoms with Crippen LogP contribution >= 0.6 is 0 Å². The third-order valence-corrected chi connectivity index (χ3v) is 4.35. The van der Waals surface area contributed by atoms with E-state index in [1.165, 1.54) is 12.0 Å². The molecule has 3 atom stereocenters. The van der Waals surface area contributed by atoms with Crippen molar-refractivity contribution in [3.8, 4) is 0 Å². The smallest absolute Gasteiger partial charge is 0.309 e.